The van der Waals surface area contributed by atoms with Gasteiger partial charge in [-0.25, -0.2) is 22.3 Å². The molecule has 0 saturated carbocycles. The van der Waals surface area contributed by atoms with Crippen LogP contribution in [0.15, 0.2) is 96.3 Å². The molecule has 0 atom stereocenters. The van der Waals surface area contributed by atoms with E-state index >= 15 is 0 Å². The second kappa shape index (κ2) is 8.31. The first-order chi connectivity index (χ1) is 15.9. The molecule has 9 heteroatoms. The second-order valence-corrected chi connectivity index (χ2v) is 9.43. The average molecular weight is 479 g/mol. The van der Waals surface area contributed by atoms with Crippen LogP contribution in [-0.4, -0.2) is 23.0 Å². The van der Waals surface area contributed by atoms with Crippen LogP contribution >= 0.6 is 11.6 Å². The minimum Gasteiger partial charge on any atom is -0.280 e. The predicted molar refractivity (Wildman–Crippen MR) is 126 cm³/mol. The van der Waals surface area contributed by atoms with Crippen molar-refractivity contribution in [2.24, 2.45) is 0 Å². The van der Waals surface area contributed by atoms with Crippen LogP contribution in [0.3, 0.4) is 0 Å². The summed E-state index contributed by atoms with van der Waals surface area (Å²) in [6.45, 7) is 0. The molecule has 5 aromatic rings. The topological polar surface area (TPSA) is 76.4 Å². The summed E-state index contributed by atoms with van der Waals surface area (Å²) in [5.74, 6) is -0.297. The van der Waals surface area contributed by atoms with Crippen molar-refractivity contribution < 1.29 is 12.8 Å². The van der Waals surface area contributed by atoms with E-state index in [9.17, 15) is 12.8 Å². The number of benzene rings is 3. The van der Waals surface area contributed by atoms with Gasteiger partial charge in [0.15, 0.2) is 0 Å². The molecule has 0 bridgehead atoms. The first kappa shape index (κ1) is 21.1. The summed E-state index contributed by atoms with van der Waals surface area (Å²) in [5, 5.41) is 4.73. The molecule has 2 aromatic heterocycles. The molecule has 1 N–H and O–H groups in total. The highest BCUT2D eigenvalue weighted by Crippen LogP contribution is 2.29. The lowest BCUT2D eigenvalue weighted by atomic mass is 10.1. The summed E-state index contributed by atoms with van der Waals surface area (Å²) < 4.78 is 42.7. The Balaban J connectivity index is 1.45. The molecule has 0 aliphatic heterocycles. The maximum absolute atomic E-state index is 13.3. The van der Waals surface area contributed by atoms with E-state index in [1.165, 1.54) is 42.7 Å². The summed E-state index contributed by atoms with van der Waals surface area (Å²) in [7, 11) is -3.74. The van der Waals surface area contributed by atoms with E-state index in [0.29, 0.717) is 16.4 Å². The molecule has 0 unspecified atom stereocenters. The van der Waals surface area contributed by atoms with Gasteiger partial charge < -0.3 is 0 Å². The first-order valence-electron chi connectivity index (χ1n) is 9.87. The normalized spacial score (nSPS) is 11.6. The van der Waals surface area contributed by atoms with Crippen molar-refractivity contribution in [3.63, 3.8) is 0 Å². The highest BCUT2D eigenvalue weighted by Gasteiger charge is 2.15. The minimum absolute atomic E-state index is 0.120. The summed E-state index contributed by atoms with van der Waals surface area (Å²) in [4.78, 5) is 4.54. The van der Waals surface area contributed by atoms with Crippen molar-refractivity contribution in [1.82, 2.24) is 14.6 Å². The van der Waals surface area contributed by atoms with Gasteiger partial charge in [-0.2, -0.15) is 5.10 Å². The number of nitrogens with one attached hydrogen (secondary N) is 1. The van der Waals surface area contributed by atoms with Gasteiger partial charge in [0.05, 0.1) is 16.1 Å². The SMILES string of the molecule is O=S(=O)(Nc1ccc(-c2ncnn3cc(-c4ccc(F)cc4)cc23)cc1)c1ccc(Cl)cc1. The van der Waals surface area contributed by atoms with E-state index in [2.05, 4.69) is 14.8 Å². The predicted octanol–water partition coefficient (Wildman–Crippen LogP) is 5.66. The van der Waals surface area contributed by atoms with Crippen molar-refractivity contribution in [2.75, 3.05) is 4.72 Å². The van der Waals surface area contributed by atoms with Gasteiger partial charge in [0.1, 0.15) is 12.1 Å². The Hall–Kier alpha value is -3.75. The number of nitrogens with zero attached hydrogens (tertiary/aromatic N) is 3. The van der Waals surface area contributed by atoms with Crippen molar-refractivity contribution in [3.8, 4) is 22.4 Å². The Kier molecular flexibility index (Phi) is 5.32. The summed E-state index contributed by atoms with van der Waals surface area (Å²) in [6, 6.07) is 21.0. The van der Waals surface area contributed by atoms with Gasteiger partial charge in [0.2, 0.25) is 0 Å². The molecule has 5 rings (SSSR count). The zero-order chi connectivity index (χ0) is 23.0. The van der Waals surface area contributed by atoms with Gasteiger partial charge in [0.25, 0.3) is 10.0 Å². The number of fused-ring (bicyclic) bond motifs is 1. The number of halogens is 2. The fourth-order valence-electron chi connectivity index (χ4n) is 3.48. The molecular formula is C24H16ClFN4O2S. The summed E-state index contributed by atoms with van der Waals surface area (Å²) >= 11 is 5.84. The Bertz CT molecular complexity index is 1550. The fourth-order valence-corrected chi connectivity index (χ4v) is 4.66. The molecule has 0 aliphatic carbocycles. The van der Waals surface area contributed by atoms with Crippen LogP contribution in [0.4, 0.5) is 10.1 Å². The molecule has 0 spiro atoms. The van der Waals surface area contributed by atoms with Crippen LogP contribution in [-0.2, 0) is 10.0 Å². The molecule has 3 aromatic carbocycles. The van der Waals surface area contributed by atoms with Crippen LogP contribution in [0.25, 0.3) is 27.9 Å². The quantitative estimate of drug-likeness (QED) is 0.354. The first-order valence-corrected chi connectivity index (χ1v) is 11.7. The van der Waals surface area contributed by atoms with Crippen molar-refractivity contribution >= 4 is 32.8 Å². The van der Waals surface area contributed by atoms with Crippen molar-refractivity contribution in [2.45, 2.75) is 4.90 Å². The molecule has 0 saturated heterocycles. The maximum atomic E-state index is 13.3. The summed E-state index contributed by atoms with van der Waals surface area (Å²) in [5.41, 5.74) is 4.41. The van der Waals surface area contributed by atoms with Gasteiger partial charge in [-0.05, 0) is 60.2 Å². The van der Waals surface area contributed by atoms with Gasteiger partial charge in [0, 0.05) is 28.0 Å². The zero-order valence-corrected chi connectivity index (χ0v) is 18.6. The molecule has 0 amide bonds. The Morgan fingerprint density at radius 2 is 1.52 bits per heavy atom. The third-order valence-electron chi connectivity index (χ3n) is 5.12. The van der Waals surface area contributed by atoms with Gasteiger partial charge in [-0.15, -0.1) is 0 Å². The van der Waals surface area contributed by atoms with Crippen molar-refractivity contribution in [1.29, 1.82) is 0 Å². The molecule has 0 aliphatic rings. The van der Waals surface area contributed by atoms with E-state index in [0.717, 1.165) is 22.2 Å². The van der Waals surface area contributed by atoms with E-state index in [1.54, 1.807) is 40.9 Å². The highest BCUT2D eigenvalue weighted by molar-refractivity contribution is 7.92. The third kappa shape index (κ3) is 4.30. The van der Waals surface area contributed by atoms with Crippen LogP contribution in [0, 0.1) is 5.82 Å². The van der Waals surface area contributed by atoms with E-state index < -0.39 is 10.0 Å². The van der Waals surface area contributed by atoms with Crippen molar-refractivity contribution in [3.05, 3.63) is 102 Å². The summed E-state index contributed by atoms with van der Waals surface area (Å²) in [6.07, 6.45) is 3.30. The molecule has 0 fully saturated rings. The fraction of sp³-hybridized carbons (Fsp3) is 0. The lowest BCUT2D eigenvalue weighted by Gasteiger charge is -2.09. The minimum atomic E-state index is -3.74. The third-order valence-corrected chi connectivity index (χ3v) is 6.77. The van der Waals surface area contributed by atoms with Crippen LogP contribution < -0.4 is 4.72 Å². The molecule has 2 heterocycles. The zero-order valence-electron chi connectivity index (χ0n) is 17.0. The van der Waals surface area contributed by atoms with Gasteiger partial charge >= 0.3 is 0 Å². The lowest BCUT2D eigenvalue weighted by molar-refractivity contribution is 0.601. The van der Waals surface area contributed by atoms with Crippen LogP contribution in [0.2, 0.25) is 5.02 Å². The van der Waals surface area contributed by atoms with E-state index in [-0.39, 0.29) is 10.7 Å². The van der Waals surface area contributed by atoms with Gasteiger partial charge in [-0.1, -0.05) is 35.9 Å². The number of hydrogen-bond acceptors (Lipinski definition) is 4. The molecule has 0 radical (unpaired) electrons. The number of aromatic nitrogens is 3. The molecular weight excluding hydrogens is 463 g/mol. The monoisotopic (exact) mass is 478 g/mol. The molecule has 33 heavy (non-hydrogen) atoms. The van der Waals surface area contributed by atoms with Crippen LogP contribution in [0.1, 0.15) is 0 Å². The Morgan fingerprint density at radius 3 is 2.21 bits per heavy atom. The number of sulfonamides is 1. The number of rotatable bonds is 5. The van der Waals surface area contributed by atoms with Gasteiger partial charge in [-0.3, -0.25) is 4.72 Å². The number of hydrogen-bond donors (Lipinski definition) is 1. The highest BCUT2D eigenvalue weighted by atomic mass is 35.5. The van der Waals surface area contributed by atoms with E-state index in [1.807, 2.05) is 12.3 Å². The lowest BCUT2D eigenvalue weighted by Crippen LogP contribution is -2.12. The average Bonchev–Trinajstić information content (AvgIpc) is 3.25. The van der Waals surface area contributed by atoms with E-state index in [4.69, 9.17) is 11.6 Å². The smallest absolute Gasteiger partial charge is 0.261 e. The van der Waals surface area contributed by atoms with Crippen LogP contribution in [0.5, 0.6) is 0 Å². The number of anilines is 1. The largest absolute Gasteiger partial charge is 0.280 e. The standard InChI is InChI=1S/C24H16ClFN4O2S/c25-19-5-11-22(12-6-19)33(31,32)29-21-9-3-17(4-10-21)24-23-13-18(14-30(23)28-15-27-24)16-1-7-20(26)8-2-16/h1-15,29H. The Morgan fingerprint density at radius 1 is 0.848 bits per heavy atom. The molecule has 6 nitrogen and oxygen atoms in total. The molecule has 164 valence electrons. The Labute approximate surface area is 194 Å². The maximum Gasteiger partial charge on any atom is 0.261 e. The second-order valence-electron chi connectivity index (χ2n) is 7.31.